The van der Waals surface area contributed by atoms with Crippen LogP contribution in [0.15, 0.2) is 42.5 Å². The summed E-state index contributed by atoms with van der Waals surface area (Å²) in [6, 6.07) is 13.5. The number of β-amino-alcohol motifs (C(OH)–C–C–N with tert-alkyl or cyclic N) is 1. The van der Waals surface area contributed by atoms with Gasteiger partial charge in [-0.2, -0.15) is 0 Å². The van der Waals surface area contributed by atoms with Crippen LogP contribution in [0.4, 0.5) is 4.79 Å². The predicted octanol–water partition coefficient (Wildman–Crippen LogP) is 2.25. The number of hydrogen-bond donors (Lipinski definition) is 2. The van der Waals surface area contributed by atoms with Crippen LogP contribution in [0, 0.1) is 13.8 Å². The third-order valence-corrected chi connectivity index (χ3v) is 6.14. The van der Waals surface area contributed by atoms with Crippen LogP contribution < -0.4 is 14.8 Å². The molecule has 0 unspecified atom stereocenters. The maximum absolute atomic E-state index is 11.6. The molecule has 3 amide bonds. The second-order valence-corrected chi connectivity index (χ2v) is 8.71. The van der Waals surface area contributed by atoms with Crippen molar-refractivity contribution in [2.24, 2.45) is 0 Å². The van der Waals surface area contributed by atoms with E-state index in [-0.39, 0.29) is 24.6 Å². The highest BCUT2D eigenvalue weighted by atomic mass is 16.5. The second-order valence-electron chi connectivity index (χ2n) is 8.71. The van der Waals surface area contributed by atoms with E-state index in [9.17, 15) is 14.7 Å². The van der Waals surface area contributed by atoms with E-state index >= 15 is 0 Å². The Morgan fingerprint density at radius 1 is 1.03 bits per heavy atom. The number of aliphatic hydroxyl groups excluding tert-OH is 1. The molecule has 8 nitrogen and oxygen atoms in total. The van der Waals surface area contributed by atoms with E-state index in [1.807, 2.05) is 42.5 Å². The average Bonchev–Trinajstić information content (AvgIpc) is 3.30. The number of nitrogens with one attached hydrogen (secondary N) is 1. The fourth-order valence-electron chi connectivity index (χ4n) is 4.08. The summed E-state index contributed by atoms with van der Waals surface area (Å²) in [4.78, 5) is 26.5. The Morgan fingerprint density at radius 2 is 1.79 bits per heavy atom. The monoisotopic (exact) mass is 453 g/mol. The molecule has 0 aliphatic carbocycles. The van der Waals surface area contributed by atoms with E-state index in [0.717, 1.165) is 23.6 Å². The fourth-order valence-corrected chi connectivity index (χ4v) is 4.08. The van der Waals surface area contributed by atoms with Crippen molar-refractivity contribution in [3.8, 4) is 11.5 Å². The number of nitrogens with zero attached hydrogens (tertiary/aromatic N) is 2. The Hall–Kier alpha value is -3.10. The SMILES string of the molecule is Cc1ccc(O[C@H]2CN(Cc3ccc(OCCCN4C(=O)CNC4=O)cc3)C[C@@H]2O)cc1C. The van der Waals surface area contributed by atoms with Crippen LogP contribution in [-0.4, -0.2) is 71.8 Å². The maximum atomic E-state index is 11.6. The fraction of sp³-hybridized carbons (Fsp3) is 0.440. The number of rotatable bonds is 9. The zero-order valence-electron chi connectivity index (χ0n) is 19.1. The van der Waals surface area contributed by atoms with E-state index in [4.69, 9.17) is 9.47 Å². The van der Waals surface area contributed by atoms with Crippen LogP contribution in [0.3, 0.4) is 0 Å². The van der Waals surface area contributed by atoms with Gasteiger partial charge < -0.3 is 19.9 Å². The first kappa shape index (κ1) is 23.1. The summed E-state index contributed by atoms with van der Waals surface area (Å²) in [5.74, 6) is 1.34. The smallest absolute Gasteiger partial charge is 0.324 e. The molecule has 2 aliphatic rings. The van der Waals surface area contributed by atoms with E-state index in [1.54, 1.807) is 0 Å². The highest BCUT2D eigenvalue weighted by Gasteiger charge is 2.33. The van der Waals surface area contributed by atoms with Gasteiger partial charge in [0, 0.05) is 26.2 Å². The molecule has 0 aromatic heterocycles. The Labute approximate surface area is 194 Å². The molecule has 2 aliphatic heterocycles. The Bertz CT molecular complexity index is 978. The third kappa shape index (κ3) is 5.83. The molecule has 8 heteroatoms. The number of ether oxygens (including phenoxy) is 2. The molecule has 2 aromatic carbocycles. The van der Waals surface area contributed by atoms with Crippen LogP contribution in [-0.2, 0) is 11.3 Å². The quantitative estimate of drug-likeness (QED) is 0.447. The molecule has 0 saturated carbocycles. The van der Waals surface area contributed by atoms with Crippen molar-refractivity contribution < 1.29 is 24.2 Å². The first-order chi connectivity index (χ1) is 15.9. The second kappa shape index (κ2) is 10.2. The Morgan fingerprint density at radius 3 is 2.48 bits per heavy atom. The number of hydrogen-bond acceptors (Lipinski definition) is 6. The number of benzene rings is 2. The third-order valence-electron chi connectivity index (χ3n) is 6.14. The van der Waals surface area contributed by atoms with Gasteiger partial charge in [0.2, 0.25) is 5.91 Å². The number of aliphatic hydroxyl groups is 1. The number of carbonyl (C=O) groups is 2. The Balaban J connectivity index is 1.21. The summed E-state index contributed by atoms with van der Waals surface area (Å²) in [6.45, 7) is 6.92. The van der Waals surface area contributed by atoms with Gasteiger partial charge in [-0.25, -0.2) is 4.79 Å². The summed E-state index contributed by atoms with van der Waals surface area (Å²) in [5.41, 5.74) is 3.52. The van der Waals surface area contributed by atoms with Crippen LogP contribution in [0.5, 0.6) is 11.5 Å². The van der Waals surface area contributed by atoms with Gasteiger partial charge >= 0.3 is 6.03 Å². The highest BCUT2D eigenvalue weighted by Crippen LogP contribution is 2.23. The molecule has 2 saturated heterocycles. The summed E-state index contributed by atoms with van der Waals surface area (Å²) < 4.78 is 11.8. The molecule has 0 spiro atoms. The normalized spacial score (nSPS) is 20.9. The van der Waals surface area contributed by atoms with Crippen LogP contribution >= 0.6 is 0 Å². The topological polar surface area (TPSA) is 91.3 Å². The largest absolute Gasteiger partial charge is 0.494 e. The van der Waals surface area contributed by atoms with Crippen molar-refractivity contribution in [2.45, 2.75) is 39.0 Å². The molecular formula is C25H31N3O5. The van der Waals surface area contributed by atoms with Gasteiger partial charge in [-0.15, -0.1) is 0 Å². The van der Waals surface area contributed by atoms with Crippen molar-refractivity contribution in [2.75, 3.05) is 32.8 Å². The summed E-state index contributed by atoms with van der Waals surface area (Å²) in [5, 5.41) is 13.0. The lowest BCUT2D eigenvalue weighted by molar-refractivity contribution is -0.125. The van der Waals surface area contributed by atoms with Crippen molar-refractivity contribution in [3.05, 3.63) is 59.2 Å². The summed E-state index contributed by atoms with van der Waals surface area (Å²) in [6.07, 6.45) is -0.202. The van der Waals surface area contributed by atoms with Gasteiger partial charge in [0.05, 0.1) is 13.2 Å². The minimum absolute atomic E-state index is 0.0771. The molecular weight excluding hydrogens is 422 g/mol. The molecule has 4 rings (SSSR count). The number of urea groups is 1. The van der Waals surface area contributed by atoms with Gasteiger partial charge in [-0.3, -0.25) is 14.6 Å². The van der Waals surface area contributed by atoms with E-state index in [0.29, 0.717) is 32.7 Å². The molecule has 2 aromatic rings. The number of aryl methyl sites for hydroxylation is 2. The summed E-state index contributed by atoms with van der Waals surface area (Å²) in [7, 11) is 0. The van der Waals surface area contributed by atoms with Crippen molar-refractivity contribution in [3.63, 3.8) is 0 Å². The minimum atomic E-state index is -0.529. The number of carbonyl (C=O) groups excluding carboxylic acids is 2. The molecule has 2 fully saturated rings. The lowest BCUT2D eigenvalue weighted by Gasteiger charge is -2.18. The van der Waals surface area contributed by atoms with Crippen molar-refractivity contribution >= 4 is 11.9 Å². The maximum Gasteiger partial charge on any atom is 0.324 e. The highest BCUT2D eigenvalue weighted by molar-refractivity contribution is 6.01. The first-order valence-corrected chi connectivity index (χ1v) is 11.3. The Kier molecular flexibility index (Phi) is 7.15. The van der Waals surface area contributed by atoms with Gasteiger partial charge in [0.25, 0.3) is 0 Å². The lowest BCUT2D eigenvalue weighted by atomic mass is 10.1. The van der Waals surface area contributed by atoms with E-state index in [2.05, 4.69) is 24.1 Å². The predicted molar refractivity (Wildman–Crippen MR) is 123 cm³/mol. The van der Waals surface area contributed by atoms with E-state index in [1.165, 1.54) is 16.0 Å². The first-order valence-electron chi connectivity index (χ1n) is 11.3. The van der Waals surface area contributed by atoms with Crippen LogP contribution in [0.1, 0.15) is 23.1 Å². The van der Waals surface area contributed by atoms with Gasteiger partial charge in [0.1, 0.15) is 23.7 Å². The van der Waals surface area contributed by atoms with Gasteiger partial charge in [0.15, 0.2) is 0 Å². The molecule has 176 valence electrons. The molecule has 0 radical (unpaired) electrons. The van der Waals surface area contributed by atoms with Gasteiger partial charge in [-0.05, 0) is 61.2 Å². The zero-order chi connectivity index (χ0) is 23.4. The van der Waals surface area contributed by atoms with Crippen molar-refractivity contribution in [1.82, 2.24) is 15.1 Å². The molecule has 0 bridgehead atoms. The molecule has 2 atom stereocenters. The minimum Gasteiger partial charge on any atom is -0.494 e. The number of imide groups is 1. The van der Waals surface area contributed by atoms with Crippen molar-refractivity contribution in [1.29, 1.82) is 0 Å². The zero-order valence-corrected chi connectivity index (χ0v) is 19.1. The average molecular weight is 454 g/mol. The van der Waals surface area contributed by atoms with Crippen LogP contribution in [0.25, 0.3) is 0 Å². The van der Waals surface area contributed by atoms with E-state index < -0.39 is 6.10 Å². The number of amides is 3. The van der Waals surface area contributed by atoms with Crippen LogP contribution in [0.2, 0.25) is 0 Å². The number of likely N-dealkylation sites (tertiary alicyclic amines) is 1. The standard InChI is InChI=1S/C25H31N3O5/c1-17-4-7-21(12-18(17)2)33-23-16-27(15-22(23)29)14-19-5-8-20(9-6-19)32-11-3-10-28-24(30)13-26-25(28)31/h4-9,12,22-23,29H,3,10-11,13-16H2,1-2H3,(H,26,31)/t22-,23-/m0/s1. The van der Waals surface area contributed by atoms with Gasteiger partial charge in [-0.1, -0.05) is 18.2 Å². The summed E-state index contributed by atoms with van der Waals surface area (Å²) >= 11 is 0. The molecule has 2 heterocycles. The lowest BCUT2D eigenvalue weighted by Crippen LogP contribution is -2.32. The molecule has 2 N–H and O–H groups in total. The molecule has 33 heavy (non-hydrogen) atoms.